The minimum atomic E-state index is -0.431. The molecule has 0 aliphatic heterocycles. The number of hydrogen-bond donors (Lipinski definition) is 3. The molecule has 0 aliphatic carbocycles. The molecule has 4 N–H and O–H groups in total. The Labute approximate surface area is 74.0 Å². The van der Waals surface area contributed by atoms with Gasteiger partial charge in [-0.25, -0.2) is 0 Å². The lowest BCUT2D eigenvalue weighted by molar-refractivity contribution is 0.158. The predicted octanol–water partition coefficient (Wildman–Crippen LogP) is 0.231. The van der Waals surface area contributed by atoms with Crippen LogP contribution in [-0.2, 0) is 0 Å². The van der Waals surface area contributed by atoms with Gasteiger partial charge in [-0.2, -0.15) is 0 Å². The maximum absolute atomic E-state index is 9.23. The van der Waals surface area contributed by atoms with E-state index in [0.29, 0.717) is 13.0 Å². The molecule has 0 radical (unpaired) electrons. The van der Waals surface area contributed by atoms with E-state index in [0.717, 1.165) is 6.54 Å². The van der Waals surface area contributed by atoms with Gasteiger partial charge in [-0.05, 0) is 18.5 Å². The average Bonchev–Trinajstić information content (AvgIpc) is 2.11. The van der Waals surface area contributed by atoms with E-state index >= 15 is 0 Å². The Balaban J connectivity index is 3.65. The lowest BCUT2D eigenvalue weighted by atomic mass is 10.0. The summed E-state index contributed by atoms with van der Waals surface area (Å²) in [4.78, 5) is 0. The van der Waals surface area contributed by atoms with E-state index in [9.17, 15) is 5.11 Å². The van der Waals surface area contributed by atoms with Crippen LogP contribution in [0, 0.1) is 5.92 Å². The fraction of sp³-hybridized carbons (Fsp3) is 0.556. The van der Waals surface area contributed by atoms with Gasteiger partial charge in [0.2, 0.25) is 0 Å². The van der Waals surface area contributed by atoms with Gasteiger partial charge in [0, 0.05) is 13.1 Å². The molecule has 0 aliphatic rings. The molecule has 0 heterocycles. The van der Waals surface area contributed by atoms with Crippen LogP contribution in [0.25, 0.3) is 0 Å². The van der Waals surface area contributed by atoms with E-state index in [1.807, 2.05) is 6.08 Å². The lowest BCUT2D eigenvalue weighted by Gasteiger charge is -2.15. The largest absolute Gasteiger partial charge is 0.392 e. The summed E-state index contributed by atoms with van der Waals surface area (Å²) >= 11 is 0. The maximum Gasteiger partial charge on any atom is 0.0668 e. The van der Waals surface area contributed by atoms with Crippen molar-refractivity contribution >= 4 is 0 Å². The summed E-state index contributed by atoms with van der Waals surface area (Å²) in [5.41, 5.74) is 5.28. The molecule has 70 valence electrons. The molecular formula is C9H18N2O. The molecule has 3 nitrogen and oxygen atoms in total. The van der Waals surface area contributed by atoms with E-state index in [1.165, 1.54) is 0 Å². The Morgan fingerprint density at radius 1 is 1.50 bits per heavy atom. The van der Waals surface area contributed by atoms with Gasteiger partial charge in [0.15, 0.2) is 0 Å². The first-order valence-corrected chi connectivity index (χ1v) is 4.09. The third-order valence-corrected chi connectivity index (χ3v) is 1.70. The molecule has 0 fully saturated rings. The van der Waals surface area contributed by atoms with Crippen LogP contribution in [0.4, 0.5) is 0 Å². The Morgan fingerprint density at radius 3 is 2.58 bits per heavy atom. The standard InChI is InChI=1S/C9H18N2O/c1-3-8(7-11-4-2)5-9(12)6-10/h3-4,8-9,11-12H,1-2,5-7,10H2. The third-order valence-electron chi connectivity index (χ3n) is 1.70. The molecule has 0 saturated carbocycles. The first-order chi connectivity index (χ1) is 5.74. The van der Waals surface area contributed by atoms with E-state index in [4.69, 9.17) is 5.73 Å². The quantitative estimate of drug-likeness (QED) is 0.479. The second kappa shape index (κ2) is 6.88. The number of rotatable bonds is 7. The van der Waals surface area contributed by atoms with Crippen molar-refractivity contribution in [3.05, 3.63) is 25.4 Å². The zero-order valence-electron chi connectivity index (χ0n) is 7.37. The minimum absolute atomic E-state index is 0.251. The van der Waals surface area contributed by atoms with Gasteiger partial charge in [-0.1, -0.05) is 12.7 Å². The van der Waals surface area contributed by atoms with Crippen LogP contribution in [0.5, 0.6) is 0 Å². The number of aliphatic hydroxyl groups is 1. The van der Waals surface area contributed by atoms with Crippen molar-refractivity contribution in [2.45, 2.75) is 12.5 Å². The molecule has 0 amide bonds. The van der Waals surface area contributed by atoms with Gasteiger partial charge in [0.1, 0.15) is 0 Å². The van der Waals surface area contributed by atoms with Crippen LogP contribution in [0.1, 0.15) is 6.42 Å². The van der Waals surface area contributed by atoms with Crippen LogP contribution in [0.3, 0.4) is 0 Å². The summed E-state index contributed by atoms with van der Waals surface area (Å²) in [6.07, 6.45) is 3.67. The zero-order valence-corrected chi connectivity index (χ0v) is 7.37. The predicted molar refractivity (Wildman–Crippen MR) is 51.6 cm³/mol. The molecule has 0 spiro atoms. The summed E-state index contributed by atoms with van der Waals surface area (Å²) in [5, 5.41) is 12.2. The molecule has 2 unspecified atom stereocenters. The molecule has 3 heteroatoms. The van der Waals surface area contributed by atoms with E-state index < -0.39 is 6.10 Å². The molecule has 12 heavy (non-hydrogen) atoms. The van der Waals surface area contributed by atoms with Crippen LogP contribution in [0.2, 0.25) is 0 Å². The van der Waals surface area contributed by atoms with Crippen LogP contribution < -0.4 is 11.1 Å². The Kier molecular flexibility index (Phi) is 6.42. The molecule has 0 aromatic carbocycles. The van der Waals surface area contributed by atoms with Gasteiger partial charge >= 0.3 is 0 Å². The smallest absolute Gasteiger partial charge is 0.0668 e. The van der Waals surface area contributed by atoms with E-state index in [2.05, 4.69) is 18.5 Å². The highest BCUT2D eigenvalue weighted by atomic mass is 16.3. The number of hydrogen-bond acceptors (Lipinski definition) is 3. The van der Waals surface area contributed by atoms with Gasteiger partial charge in [0.05, 0.1) is 6.10 Å². The fourth-order valence-electron chi connectivity index (χ4n) is 0.943. The Bertz CT molecular complexity index is 136. The van der Waals surface area contributed by atoms with Gasteiger partial charge < -0.3 is 16.2 Å². The normalized spacial score (nSPS) is 14.8. The molecule has 0 saturated heterocycles. The van der Waals surface area contributed by atoms with Crippen LogP contribution in [0.15, 0.2) is 25.4 Å². The zero-order chi connectivity index (χ0) is 9.40. The lowest BCUT2D eigenvalue weighted by Crippen LogP contribution is -2.26. The Hall–Kier alpha value is -0.800. The maximum atomic E-state index is 9.23. The van der Waals surface area contributed by atoms with Crippen molar-refractivity contribution < 1.29 is 5.11 Å². The second-order valence-corrected chi connectivity index (χ2v) is 2.73. The highest BCUT2D eigenvalue weighted by Crippen LogP contribution is 2.05. The van der Waals surface area contributed by atoms with Gasteiger partial charge in [-0.15, -0.1) is 6.58 Å². The molecule has 0 aromatic heterocycles. The molecule has 2 atom stereocenters. The first kappa shape index (κ1) is 11.2. The van der Waals surface area contributed by atoms with Crippen LogP contribution in [-0.4, -0.2) is 24.3 Å². The molecule has 0 rings (SSSR count). The monoisotopic (exact) mass is 170 g/mol. The highest BCUT2D eigenvalue weighted by molar-refractivity contribution is 4.84. The molecule has 0 bridgehead atoms. The van der Waals surface area contributed by atoms with Gasteiger partial charge in [0.25, 0.3) is 0 Å². The van der Waals surface area contributed by atoms with Crippen molar-refractivity contribution in [3.8, 4) is 0 Å². The third kappa shape index (κ3) is 4.93. The van der Waals surface area contributed by atoms with Crippen LogP contribution >= 0.6 is 0 Å². The van der Waals surface area contributed by atoms with Gasteiger partial charge in [-0.3, -0.25) is 0 Å². The SMILES string of the molecule is C=CNCC(C=C)CC(O)CN. The second-order valence-electron chi connectivity index (χ2n) is 2.73. The first-order valence-electron chi connectivity index (χ1n) is 4.09. The summed E-state index contributed by atoms with van der Waals surface area (Å²) < 4.78 is 0. The molecule has 0 aromatic rings. The summed E-state index contributed by atoms with van der Waals surface area (Å²) in [6, 6.07) is 0. The van der Waals surface area contributed by atoms with Crippen molar-refractivity contribution in [1.82, 2.24) is 5.32 Å². The van der Waals surface area contributed by atoms with E-state index in [1.54, 1.807) is 6.20 Å². The van der Waals surface area contributed by atoms with E-state index in [-0.39, 0.29) is 5.92 Å². The Morgan fingerprint density at radius 2 is 2.17 bits per heavy atom. The molecular weight excluding hydrogens is 152 g/mol. The highest BCUT2D eigenvalue weighted by Gasteiger charge is 2.08. The van der Waals surface area contributed by atoms with Crippen molar-refractivity contribution in [2.75, 3.05) is 13.1 Å². The number of nitrogens with one attached hydrogen (secondary N) is 1. The van der Waals surface area contributed by atoms with Crippen molar-refractivity contribution in [3.63, 3.8) is 0 Å². The summed E-state index contributed by atoms with van der Waals surface area (Å²) in [6.45, 7) is 8.27. The minimum Gasteiger partial charge on any atom is -0.392 e. The number of nitrogens with two attached hydrogens (primary N) is 1. The van der Waals surface area contributed by atoms with Crippen molar-refractivity contribution in [1.29, 1.82) is 0 Å². The average molecular weight is 170 g/mol. The number of aliphatic hydroxyl groups excluding tert-OH is 1. The van der Waals surface area contributed by atoms with Crippen molar-refractivity contribution in [2.24, 2.45) is 11.7 Å². The fourth-order valence-corrected chi connectivity index (χ4v) is 0.943. The summed E-state index contributed by atoms with van der Waals surface area (Å²) in [5.74, 6) is 0.251. The summed E-state index contributed by atoms with van der Waals surface area (Å²) in [7, 11) is 0. The topological polar surface area (TPSA) is 58.3 Å².